The van der Waals surface area contributed by atoms with Crippen LogP contribution in [0.4, 0.5) is 13.2 Å². The highest BCUT2D eigenvalue weighted by atomic mass is 19.4. The molecule has 2 atom stereocenters. The van der Waals surface area contributed by atoms with Gasteiger partial charge in [0.05, 0.1) is 0 Å². The molecule has 1 aromatic rings. The second kappa shape index (κ2) is 6.01. The quantitative estimate of drug-likeness (QED) is 0.906. The Bertz CT molecular complexity index is 732. The maximum Gasteiger partial charge on any atom is 0.438 e. The van der Waals surface area contributed by atoms with Crippen molar-refractivity contribution in [3.63, 3.8) is 0 Å². The first-order valence-electron chi connectivity index (χ1n) is 8.07. The maximum atomic E-state index is 13.2. The van der Waals surface area contributed by atoms with Crippen LogP contribution in [0, 0.1) is 0 Å². The third kappa shape index (κ3) is 3.10. The number of ether oxygens (including phenoxy) is 1. The number of alkyl halides is 3. The van der Waals surface area contributed by atoms with Gasteiger partial charge in [0.15, 0.2) is 6.10 Å². The summed E-state index contributed by atoms with van der Waals surface area (Å²) >= 11 is 0. The van der Waals surface area contributed by atoms with E-state index in [1.807, 2.05) is 6.07 Å². The van der Waals surface area contributed by atoms with Crippen LogP contribution in [0.1, 0.15) is 37.8 Å². The molecule has 1 aliphatic heterocycles. The zero-order valence-electron chi connectivity index (χ0n) is 13.9. The summed E-state index contributed by atoms with van der Waals surface area (Å²) in [4.78, 5) is 12.4. The predicted molar refractivity (Wildman–Crippen MR) is 84.1 cm³/mol. The van der Waals surface area contributed by atoms with Crippen LogP contribution >= 0.6 is 0 Å². The highest BCUT2D eigenvalue weighted by Gasteiger charge is 2.63. The maximum absolute atomic E-state index is 13.2. The lowest BCUT2D eigenvalue weighted by Gasteiger charge is -2.33. The van der Waals surface area contributed by atoms with Crippen molar-refractivity contribution in [3.8, 4) is 5.75 Å². The average Bonchev–Trinajstić information content (AvgIpc) is 3.09. The lowest BCUT2D eigenvalue weighted by Crippen LogP contribution is -2.58. The number of hydrogen-bond donors (Lipinski definition) is 1. The monoisotopic (exact) mass is 356 g/mol. The number of aliphatic hydroxyl groups is 1. The number of benzene rings is 1. The molecule has 0 saturated heterocycles. The minimum absolute atomic E-state index is 0.0258. The second-order valence-corrected chi connectivity index (χ2v) is 6.52. The summed E-state index contributed by atoms with van der Waals surface area (Å²) in [6.45, 7) is 2.67. The first kappa shape index (κ1) is 17.7. The van der Waals surface area contributed by atoms with Gasteiger partial charge in [-0.05, 0) is 56.4 Å². The van der Waals surface area contributed by atoms with Gasteiger partial charge >= 0.3 is 6.18 Å². The summed E-state index contributed by atoms with van der Waals surface area (Å²) < 4.78 is 45.1. The third-order valence-corrected chi connectivity index (χ3v) is 4.52. The highest BCUT2D eigenvalue weighted by Crippen LogP contribution is 2.40. The Hall–Kier alpha value is -2.09. The highest BCUT2D eigenvalue weighted by molar-refractivity contribution is 5.90. The molecule has 136 valence electrons. The molecule has 5 nitrogen and oxygen atoms in total. The number of fused-ring (bicyclic) bond motifs is 1. The van der Waals surface area contributed by atoms with E-state index < -0.39 is 30.3 Å². The minimum atomic E-state index is -5.02. The predicted octanol–water partition coefficient (Wildman–Crippen LogP) is 2.80. The number of halogens is 3. The lowest BCUT2D eigenvalue weighted by atomic mass is 10.1. The van der Waals surface area contributed by atoms with Crippen molar-refractivity contribution in [1.82, 2.24) is 5.01 Å². The lowest BCUT2D eigenvalue weighted by molar-refractivity contribution is -0.303. The standard InChI is InChI=1S/C17H19F3N2O3/c1-10-9-16(24,17(18,19)20)22(21-10)15(23)11(2)25-14-7-6-12-4-3-5-13(12)8-14/h6-8,11,24H,3-5,9H2,1-2H3/t11-,16+/m1/s1. The molecule has 0 radical (unpaired) electrons. The topological polar surface area (TPSA) is 62.1 Å². The van der Waals surface area contributed by atoms with Gasteiger partial charge in [-0.2, -0.15) is 23.3 Å². The summed E-state index contributed by atoms with van der Waals surface area (Å²) in [5, 5.41) is 13.7. The summed E-state index contributed by atoms with van der Waals surface area (Å²) in [5.41, 5.74) is -0.960. The van der Waals surface area contributed by atoms with Gasteiger partial charge in [0, 0.05) is 12.1 Å². The van der Waals surface area contributed by atoms with Crippen LogP contribution in [0.15, 0.2) is 23.3 Å². The van der Waals surface area contributed by atoms with Gasteiger partial charge in [0.1, 0.15) is 5.75 Å². The van der Waals surface area contributed by atoms with E-state index >= 15 is 0 Å². The van der Waals surface area contributed by atoms with Crippen molar-refractivity contribution < 1.29 is 27.8 Å². The van der Waals surface area contributed by atoms with E-state index in [9.17, 15) is 23.1 Å². The van der Waals surface area contributed by atoms with Crippen LogP contribution in [-0.4, -0.2) is 39.7 Å². The Balaban J connectivity index is 1.77. The largest absolute Gasteiger partial charge is 0.481 e. The smallest absolute Gasteiger partial charge is 0.438 e. The first-order chi connectivity index (χ1) is 11.6. The van der Waals surface area contributed by atoms with Crippen LogP contribution in [0.3, 0.4) is 0 Å². The molecular weight excluding hydrogens is 337 g/mol. The number of amides is 1. The number of aryl methyl sites for hydroxylation is 2. The van der Waals surface area contributed by atoms with Gasteiger partial charge in [-0.25, -0.2) is 0 Å². The molecule has 1 aromatic carbocycles. The van der Waals surface area contributed by atoms with Gasteiger partial charge in [-0.3, -0.25) is 4.79 Å². The van der Waals surface area contributed by atoms with E-state index in [4.69, 9.17) is 4.74 Å². The molecule has 0 fully saturated rings. The summed E-state index contributed by atoms with van der Waals surface area (Å²) in [6, 6.07) is 5.40. The Morgan fingerprint density at radius 1 is 1.36 bits per heavy atom. The van der Waals surface area contributed by atoms with E-state index in [1.165, 1.54) is 19.4 Å². The van der Waals surface area contributed by atoms with Crippen LogP contribution in [0.25, 0.3) is 0 Å². The summed E-state index contributed by atoms with van der Waals surface area (Å²) in [5.74, 6) is -0.630. The van der Waals surface area contributed by atoms with Crippen molar-refractivity contribution in [2.24, 2.45) is 5.10 Å². The van der Waals surface area contributed by atoms with Crippen LogP contribution in [0.5, 0.6) is 5.75 Å². The van der Waals surface area contributed by atoms with Crippen molar-refractivity contribution in [2.75, 3.05) is 0 Å². The van der Waals surface area contributed by atoms with Crippen LogP contribution in [-0.2, 0) is 17.6 Å². The Morgan fingerprint density at radius 3 is 2.72 bits per heavy atom. The zero-order chi connectivity index (χ0) is 18.4. The molecule has 1 amide bonds. The first-order valence-corrected chi connectivity index (χ1v) is 8.07. The zero-order valence-corrected chi connectivity index (χ0v) is 13.9. The SMILES string of the molecule is CC1=NN(C(=O)[C@@H](C)Oc2ccc3c(c2)CCC3)[C@@](O)(C(F)(F)F)C1. The molecule has 25 heavy (non-hydrogen) atoms. The van der Waals surface area contributed by atoms with E-state index in [0.717, 1.165) is 24.8 Å². The van der Waals surface area contributed by atoms with Gasteiger partial charge < -0.3 is 9.84 Å². The van der Waals surface area contributed by atoms with Gasteiger partial charge in [-0.15, -0.1) is 0 Å². The van der Waals surface area contributed by atoms with Crippen molar-refractivity contribution in [3.05, 3.63) is 29.3 Å². The minimum Gasteiger partial charge on any atom is -0.481 e. The molecule has 0 aromatic heterocycles. The molecule has 0 spiro atoms. The molecular formula is C17H19F3N2O3. The molecule has 8 heteroatoms. The number of carbonyl (C=O) groups is 1. The van der Waals surface area contributed by atoms with Crippen LogP contribution in [0.2, 0.25) is 0 Å². The number of carbonyl (C=O) groups excluding carboxylic acids is 1. The Labute approximate surface area is 143 Å². The molecule has 1 N–H and O–H groups in total. The van der Waals surface area contributed by atoms with Gasteiger partial charge in [-0.1, -0.05) is 6.07 Å². The molecule has 0 saturated carbocycles. The number of hydrazone groups is 1. The van der Waals surface area contributed by atoms with Crippen LogP contribution < -0.4 is 4.74 Å². The molecule has 2 aliphatic rings. The number of nitrogens with zero attached hydrogens (tertiary/aromatic N) is 2. The summed E-state index contributed by atoms with van der Waals surface area (Å²) in [7, 11) is 0. The Kier molecular flexibility index (Phi) is 4.26. The van der Waals surface area contributed by atoms with Crippen molar-refractivity contribution in [2.45, 2.75) is 57.5 Å². The molecule has 3 rings (SSSR count). The molecule has 0 bridgehead atoms. The van der Waals surface area contributed by atoms with E-state index in [2.05, 4.69) is 5.10 Å². The fourth-order valence-electron chi connectivity index (χ4n) is 3.22. The third-order valence-electron chi connectivity index (χ3n) is 4.52. The fourth-order valence-corrected chi connectivity index (χ4v) is 3.22. The normalized spacial score (nSPS) is 24.1. The van der Waals surface area contributed by atoms with Gasteiger partial charge in [0.25, 0.3) is 11.6 Å². The van der Waals surface area contributed by atoms with Crippen molar-refractivity contribution in [1.29, 1.82) is 0 Å². The summed E-state index contributed by atoms with van der Waals surface area (Å²) in [6.07, 6.45) is -4.05. The number of rotatable bonds is 3. The Morgan fingerprint density at radius 2 is 2.04 bits per heavy atom. The van der Waals surface area contributed by atoms with E-state index in [-0.39, 0.29) is 10.7 Å². The fraction of sp³-hybridized carbons (Fsp3) is 0.529. The van der Waals surface area contributed by atoms with E-state index in [0.29, 0.717) is 5.75 Å². The second-order valence-electron chi connectivity index (χ2n) is 6.52. The van der Waals surface area contributed by atoms with E-state index in [1.54, 1.807) is 12.1 Å². The molecule has 1 aliphatic carbocycles. The van der Waals surface area contributed by atoms with Crippen molar-refractivity contribution >= 4 is 11.6 Å². The molecule has 1 heterocycles. The van der Waals surface area contributed by atoms with Gasteiger partial charge in [0.2, 0.25) is 0 Å². The number of hydrogen-bond acceptors (Lipinski definition) is 4. The average molecular weight is 356 g/mol. The molecule has 0 unspecified atom stereocenters.